The molecule has 2 aliphatic rings. The quantitative estimate of drug-likeness (QED) is 0.0674. The molecule has 0 atom stereocenters. The Morgan fingerprint density at radius 3 is 1.98 bits per heavy atom. The standard InChI is InChI=1S/C32H46N2O3S2Se/c1-2-3-4-5-6-7-8-9-10-11-12-13-14-15-16-19-24-33-26-20-17-18-21-28(26)40-29(33)23-22-27-31(37)34(25-30(35)36)32(38)39-27/h17-18,20-23H,2-16,19,24-25H2,1H3,(H,35,36)/b27-22+,29-23-. The van der Waals surface area contributed by atoms with E-state index in [2.05, 4.69) is 36.1 Å². The zero-order valence-electron chi connectivity index (χ0n) is 24.1. The van der Waals surface area contributed by atoms with Gasteiger partial charge in [-0.3, -0.25) is 0 Å². The summed E-state index contributed by atoms with van der Waals surface area (Å²) in [5, 5.41) is 9.07. The van der Waals surface area contributed by atoms with Gasteiger partial charge in [0.1, 0.15) is 0 Å². The number of carbonyl (C=O) groups is 2. The van der Waals surface area contributed by atoms with Crippen LogP contribution < -0.4 is 9.36 Å². The number of thiocarbonyl (C=S) groups is 1. The molecule has 1 fully saturated rings. The summed E-state index contributed by atoms with van der Waals surface area (Å²) in [7, 11) is 0. The van der Waals surface area contributed by atoms with Gasteiger partial charge in [-0.05, 0) is 0 Å². The summed E-state index contributed by atoms with van der Waals surface area (Å²) in [5.41, 5.74) is 1.28. The summed E-state index contributed by atoms with van der Waals surface area (Å²) < 4.78 is 2.91. The molecule has 1 N–H and O–H groups in total. The van der Waals surface area contributed by atoms with E-state index in [1.54, 1.807) is 0 Å². The maximum absolute atomic E-state index is 12.6. The molecule has 1 saturated heterocycles. The number of carboxylic acids is 1. The van der Waals surface area contributed by atoms with Gasteiger partial charge in [-0.1, -0.05) is 51.9 Å². The fraction of sp³-hybridized carbons (Fsp3) is 0.594. The van der Waals surface area contributed by atoms with Crippen LogP contribution >= 0.6 is 24.0 Å². The Morgan fingerprint density at radius 2 is 1.40 bits per heavy atom. The first kappa shape index (κ1) is 32.9. The Kier molecular flexibility index (Phi) is 15.4. The van der Waals surface area contributed by atoms with Gasteiger partial charge < -0.3 is 0 Å². The van der Waals surface area contributed by atoms with Crippen LogP contribution in [0.25, 0.3) is 0 Å². The van der Waals surface area contributed by atoms with E-state index in [0.29, 0.717) is 9.23 Å². The van der Waals surface area contributed by atoms with Crippen LogP contribution in [0, 0.1) is 0 Å². The number of nitrogens with zero attached hydrogens (tertiary/aromatic N) is 2. The van der Waals surface area contributed by atoms with Crippen LogP contribution in [0.15, 0.2) is 45.9 Å². The zero-order valence-corrected chi connectivity index (χ0v) is 27.4. The van der Waals surface area contributed by atoms with E-state index in [4.69, 9.17) is 17.3 Å². The first-order chi connectivity index (χ1) is 19.5. The number of rotatable bonds is 20. The molecule has 0 saturated carbocycles. The molecule has 0 unspecified atom stereocenters. The van der Waals surface area contributed by atoms with E-state index >= 15 is 0 Å². The third-order valence-electron chi connectivity index (χ3n) is 7.42. The van der Waals surface area contributed by atoms with Gasteiger partial charge in [0.05, 0.1) is 0 Å². The molecule has 0 radical (unpaired) electrons. The van der Waals surface area contributed by atoms with Crippen LogP contribution in [0.2, 0.25) is 0 Å². The fourth-order valence-corrected chi connectivity index (χ4v) is 8.64. The van der Waals surface area contributed by atoms with Gasteiger partial charge in [0.2, 0.25) is 0 Å². The van der Waals surface area contributed by atoms with Gasteiger partial charge in [0.25, 0.3) is 0 Å². The summed E-state index contributed by atoms with van der Waals surface area (Å²) in [6.07, 6.45) is 25.7. The monoisotopic (exact) mass is 650 g/mol. The molecule has 8 heteroatoms. The van der Waals surface area contributed by atoms with E-state index in [0.717, 1.165) is 17.9 Å². The van der Waals surface area contributed by atoms with Gasteiger partial charge in [-0.25, -0.2) is 0 Å². The average molecular weight is 650 g/mol. The number of allylic oxidation sites excluding steroid dienone is 2. The molecule has 3 rings (SSSR count). The zero-order chi connectivity index (χ0) is 28.6. The van der Waals surface area contributed by atoms with Crippen LogP contribution in [0.5, 0.6) is 0 Å². The van der Waals surface area contributed by atoms with Gasteiger partial charge in [0, 0.05) is 0 Å². The number of carbonyl (C=O) groups excluding carboxylic acids is 1. The molecule has 0 spiro atoms. The number of fused-ring (bicyclic) bond motifs is 1. The summed E-state index contributed by atoms with van der Waals surface area (Å²) >= 11 is 6.59. The van der Waals surface area contributed by atoms with E-state index in [1.165, 1.54) is 123 Å². The Labute approximate surface area is 257 Å². The number of hydrogen-bond acceptors (Lipinski definition) is 5. The molecule has 40 heavy (non-hydrogen) atoms. The third kappa shape index (κ3) is 11.0. The number of benzene rings is 1. The molecule has 1 aromatic carbocycles. The molecule has 0 bridgehead atoms. The van der Waals surface area contributed by atoms with Gasteiger partial charge in [-0.15, -0.1) is 0 Å². The molecule has 2 aliphatic heterocycles. The van der Waals surface area contributed by atoms with Gasteiger partial charge >= 0.3 is 207 Å². The second kappa shape index (κ2) is 18.8. The van der Waals surface area contributed by atoms with Crippen molar-refractivity contribution in [2.45, 2.75) is 110 Å². The van der Waals surface area contributed by atoms with Crippen molar-refractivity contribution in [1.82, 2.24) is 4.90 Å². The molecule has 2 heterocycles. The number of thioether (sulfide) groups is 1. The van der Waals surface area contributed by atoms with Gasteiger partial charge in [0.15, 0.2) is 0 Å². The normalized spacial score (nSPS) is 17.0. The Hall–Kier alpha value is -1.60. The second-order valence-electron chi connectivity index (χ2n) is 10.7. The molecule has 0 aliphatic carbocycles. The van der Waals surface area contributed by atoms with Crippen molar-refractivity contribution in [3.63, 3.8) is 0 Å². The summed E-state index contributed by atoms with van der Waals surface area (Å²) in [4.78, 5) is 27.8. The van der Waals surface area contributed by atoms with Crippen molar-refractivity contribution in [2.75, 3.05) is 18.0 Å². The summed E-state index contributed by atoms with van der Waals surface area (Å²) in [6.45, 7) is 2.87. The first-order valence-corrected chi connectivity index (χ1v) is 18.2. The Balaban J connectivity index is 1.35. The van der Waals surface area contributed by atoms with Crippen LogP contribution in [0.1, 0.15) is 110 Å². The van der Waals surface area contributed by atoms with Crippen molar-refractivity contribution in [1.29, 1.82) is 0 Å². The van der Waals surface area contributed by atoms with E-state index in [1.807, 2.05) is 12.2 Å². The maximum atomic E-state index is 12.6. The molecule has 0 aromatic heterocycles. The third-order valence-corrected chi connectivity index (χ3v) is 11.2. The van der Waals surface area contributed by atoms with Crippen LogP contribution in [0.3, 0.4) is 0 Å². The minimum atomic E-state index is -1.06. The number of para-hydroxylation sites is 1. The predicted octanol–water partition coefficient (Wildman–Crippen LogP) is 7.77. The SMILES string of the molecule is CCCCCCCCCCCCCCCCCCN1/C(=C/C=C2/SC(=S)N(CC(=O)O)C2=O)[Se]c2ccccc21. The molecule has 220 valence electrons. The molecule has 1 aromatic rings. The van der Waals surface area contributed by atoms with Crippen LogP contribution in [-0.2, 0) is 9.59 Å². The Bertz CT molecular complexity index is 1040. The van der Waals surface area contributed by atoms with Crippen LogP contribution in [-0.4, -0.2) is 54.2 Å². The number of carboxylic acid groups (broad SMARTS) is 1. The number of amides is 1. The number of anilines is 1. The number of unbranched alkanes of at least 4 members (excludes halogenated alkanes) is 15. The number of hydrogen-bond donors (Lipinski definition) is 1. The molecule has 1 amide bonds. The minimum absolute atomic E-state index is 0.177. The van der Waals surface area contributed by atoms with Crippen molar-refractivity contribution in [3.05, 3.63) is 45.9 Å². The van der Waals surface area contributed by atoms with E-state index < -0.39 is 5.97 Å². The summed E-state index contributed by atoms with van der Waals surface area (Å²) in [5.74, 6) is -1.38. The fourth-order valence-electron chi connectivity index (χ4n) is 5.16. The predicted molar refractivity (Wildman–Crippen MR) is 174 cm³/mol. The van der Waals surface area contributed by atoms with Crippen LogP contribution in [0.4, 0.5) is 5.69 Å². The molecule has 5 nitrogen and oxygen atoms in total. The summed E-state index contributed by atoms with van der Waals surface area (Å²) in [6, 6.07) is 8.57. The van der Waals surface area contributed by atoms with Crippen molar-refractivity contribution >= 4 is 65.3 Å². The average Bonchev–Trinajstić information content (AvgIpc) is 3.42. The van der Waals surface area contributed by atoms with Crippen molar-refractivity contribution in [3.8, 4) is 0 Å². The van der Waals surface area contributed by atoms with E-state index in [9.17, 15) is 9.59 Å². The van der Waals surface area contributed by atoms with E-state index in [-0.39, 0.29) is 27.4 Å². The van der Waals surface area contributed by atoms with Crippen molar-refractivity contribution in [2.24, 2.45) is 0 Å². The Morgan fingerprint density at radius 1 is 0.850 bits per heavy atom. The first-order valence-electron chi connectivity index (χ1n) is 15.2. The molecular weight excluding hydrogens is 603 g/mol. The second-order valence-corrected chi connectivity index (χ2v) is 14.6. The van der Waals surface area contributed by atoms with Crippen molar-refractivity contribution < 1.29 is 14.7 Å². The number of aliphatic carboxylic acids is 1. The van der Waals surface area contributed by atoms with Gasteiger partial charge in [-0.2, -0.15) is 0 Å². The topological polar surface area (TPSA) is 60.9 Å². The molecular formula is C32H46N2O3S2Se.